The highest BCUT2D eigenvalue weighted by Gasteiger charge is 1.93. The Morgan fingerprint density at radius 2 is 2.22 bits per heavy atom. The summed E-state index contributed by atoms with van der Waals surface area (Å²) >= 11 is 0. The summed E-state index contributed by atoms with van der Waals surface area (Å²) in [6.45, 7) is 0.416. The molecule has 0 radical (unpaired) electrons. The van der Waals surface area contributed by atoms with E-state index in [4.69, 9.17) is 5.73 Å². The van der Waals surface area contributed by atoms with Crippen LogP contribution in [0.3, 0.4) is 0 Å². The molecule has 0 saturated carbocycles. The summed E-state index contributed by atoms with van der Waals surface area (Å²) < 4.78 is 0. The lowest BCUT2D eigenvalue weighted by molar-refractivity contribution is -0.123. The van der Waals surface area contributed by atoms with E-state index in [-0.39, 0.29) is 5.91 Å². The molecular weight excluding hydrogens is 116 g/mol. The molecule has 0 aliphatic carbocycles. The van der Waals surface area contributed by atoms with Crippen LogP contribution in [-0.4, -0.2) is 31.4 Å². The van der Waals surface area contributed by atoms with Gasteiger partial charge in [-0.2, -0.15) is 0 Å². The molecule has 0 fully saturated rings. The highest BCUT2D eigenvalue weighted by molar-refractivity contribution is 5.87. The number of likely N-dealkylation sites (N-methyl/N-ethyl adjacent to an activating group) is 1. The maximum absolute atomic E-state index is 10.7. The van der Waals surface area contributed by atoms with Crippen molar-refractivity contribution < 1.29 is 4.79 Å². The molecule has 0 aromatic rings. The van der Waals surface area contributed by atoms with Crippen molar-refractivity contribution in [3.63, 3.8) is 0 Å². The Kier molecular flexibility index (Phi) is 3.71. The van der Waals surface area contributed by atoms with Gasteiger partial charge in [0.1, 0.15) is 0 Å². The quantitative estimate of drug-likeness (QED) is 0.514. The second kappa shape index (κ2) is 4.09. The van der Waals surface area contributed by atoms with E-state index < -0.39 is 0 Å². The van der Waals surface area contributed by atoms with Crippen molar-refractivity contribution in [2.24, 2.45) is 5.73 Å². The van der Waals surface area contributed by atoms with E-state index in [0.717, 1.165) is 0 Å². The minimum atomic E-state index is -0.0274. The first-order chi connectivity index (χ1) is 4.18. The Labute approximate surface area is 55.1 Å². The molecule has 9 heavy (non-hydrogen) atoms. The first-order valence-corrected chi connectivity index (χ1v) is 2.76. The molecular formula is C6H12N2O. The number of carbonyl (C=O) groups is 1. The van der Waals surface area contributed by atoms with Crippen LogP contribution in [0, 0.1) is 0 Å². The molecule has 0 aliphatic rings. The monoisotopic (exact) mass is 128 g/mol. The first kappa shape index (κ1) is 8.17. The van der Waals surface area contributed by atoms with Crippen LogP contribution in [0.5, 0.6) is 0 Å². The van der Waals surface area contributed by atoms with Gasteiger partial charge in [0.05, 0.1) is 0 Å². The van der Waals surface area contributed by atoms with E-state index in [9.17, 15) is 4.79 Å². The number of nitrogens with two attached hydrogens (primary N) is 1. The topological polar surface area (TPSA) is 46.3 Å². The van der Waals surface area contributed by atoms with Crippen LogP contribution in [-0.2, 0) is 4.79 Å². The van der Waals surface area contributed by atoms with Crippen molar-refractivity contribution in [1.29, 1.82) is 0 Å². The normalized spacial score (nSPS) is 10.1. The van der Waals surface area contributed by atoms with Gasteiger partial charge in [-0.05, 0) is 0 Å². The van der Waals surface area contributed by atoms with Gasteiger partial charge in [0.15, 0.2) is 0 Å². The smallest absolute Gasteiger partial charge is 0.245 e. The van der Waals surface area contributed by atoms with Gasteiger partial charge in [0.2, 0.25) is 5.91 Å². The lowest BCUT2D eigenvalue weighted by Crippen LogP contribution is -2.19. The maximum Gasteiger partial charge on any atom is 0.245 e. The average Bonchev–Trinajstić information content (AvgIpc) is 1.82. The summed E-state index contributed by atoms with van der Waals surface area (Å²) in [7, 11) is 3.40. The van der Waals surface area contributed by atoms with Crippen LogP contribution >= 0.6 is 0 Å². The molecule has 0 aromatic carbocycles. The van der Waals surface area contributed by atoms with Gasteiger partial charge >= 0.3 is 0 Å². The molecule has 0 aliphatic heterocycles. The zero-order valence-corrected chi connectivity index (χ0v) is 5.79. The standard InChI is InChI=1S/C6H12N2O/c1-8(2)6(9)4-3-5-7/h3-4H,5,7H2,1-2H3/b4-3+. The molecule has 52 valence electrons. The van der Waals surface area contributed by atoms with Crippen LogP contribution in [0.1, 0.15) is 0 Å². The van der Waals surface area contributed by atoms with Crippen molar-refractivity contribution in [3.05, 3.63) is 12.2 Å². The van der Waals surface area contributed by atoms with Crippen molar-refractivity contribution in [2.45, 2.75) is 0 Å². The van der Waals surface area contributed by atoms with E-state index in [2.05, 4.69) is 0 Å². The van der Waals surface area contributed by atoms with Crippen molar-refractivity contribution in [3.8, 4) is 0 Å². The van der Waals surface area contributed by atoms with Crippen molar-refractivity contribution >= 4 is 5.91 Å². The summed E-state index contributed by atoms with van der Waals surface area (Å²) in [4.78, 5) is 12.2. The number of hydrogen-bond donors (Lipinski definition) is 1. The first-order valence-electron chi connectivity index (χ1n) is 2.76. The predicted octanol–water partition coefficient (Wildman–Crippen LogP) is -0.411. The van der Waals surface area contributed by atoms with E-state index in [1.165, 1.54) is 11.0 Å². The van der Waals surface area contributed by atoms with Crippen molar-refractivity contribution in [2.75, 3.05) is 20.6 Å². The SMILES string of the molecule is CN(C)C(=O)/C=C/CN. The summed E-state index contributed by atoms with van der Waals surface area (Å²) in [6.07, 6.45) is 3.09. The molecule has 0 atom stereocenters. The highest BCUT2D eigenvalue weighted by Crippen LogP contribution is 1.78. The average molecular weight is 128 g/mol. The van der Waals surface area contributed by atoms with Gasteiger partial charge in [-0.3, -0.25) is 4.79 Å². The second-order valence-corrected chi connectivity index (χ2v) is 1.87. The summed E-state index contributed by atoms with van der Waals surface area (Å²) in [5.74, 6) is -0.0274. The Morgan fingerprint density at radius 3 is 2.56 bits per heavy atom. The molecule has 2 N–H and O–H groups in total. The largest absolute Gasteiger partial charge is 0.345 e. The fourth-order valence-electron chi connectivity index (χ4n) is 0.318. The van der Waals surface area contributed by atoms with E-state index in [1.807, 2.05) is 0 Å². The third-order valence-electron chi connectivity index (χ3n) is 0.837. The van der Waals surface area contributed by atoms with Gasteiger partial charge in [0.25, 0.3) is 0 Å². The number of carbonyl (C=O) groups excluding carboxylic acids is 1. The predicted molar refractivity (Wildman–Crippen MR) is 36.9 cm³/mol. The maximum atomic E-state index is 10.7. The molecule has 0 rings (SSSR count). The van der Waals surface area contributed by atoms with Crippen LogP contribution in [0.15, 0.2) is 12.2 Å². The molecule has 0 unspecified atom stereocenters. The van der Waals surface area contributed by atoms with E-state index in [1.54, 1.807) is 20.2 Å². The van der Waals surface area contributed by atoms with E-state index >= 15 is 0 Å². The lowest BCUT2D eigenvalue weighted by atomic mass is 10.4. The zero-order chi connectivity index (χ0) is 7.28. The van der Waals surface area contributed by atoms with Crippen molar-refractivity contribution in [1.82, 2.24) is 4.90 Å². The Morgan fingerprint density at radius 1 is 1.67 bits per heavy atom. The van der Waals surface area contributed by atoms with Gasteiger partial charge in [-0.1, -0.05) is 6.08 Å². The Balaban J connectivity index is 3.63. The molecule has 0 bridgehead atoms. The fourth-order valence-corrected chi connectivity index (χ4v) is 0.318. The van der Waals surface area contributed by atoms with Gasteiger partial charge < -0.3 is 10.6 Å². The third-order valence-corrected chi connectivity index (χ3v) is 0.837. The minimum absolute atomic E-state index is 0.0274. The zero-order valence-electron chi connectivity index (χ0n) is 5.79. The third kappa shape index (κ3) is 3.73. The highest BCUT2D eigenvalue weighted by atomic mass is 16.2. The number of nitrogens with zero attached hydrogens (tertiary/aromatic N) is 1. The van der Waals surface area contributed by atoms with Gasteiger partial charge in [-0.15, -0.1) is 0 Å². The number of rotatable bonds is 2. The summed E-state index contributed by atoms with van der Waals surface area (Å²) in [5.41, 5.74) is 5.12. The minimum Gasteiger partial charge on any atom is -0.345 e. The molecule has 1 amide bonds. The Bertz CT molecular complexity index is 118. The molecule has 0 saturated heterocycles. The second-order valence-electron chi connectivity index (χ2n) is 1.87. The van der Waals surface area contributed by atoms with Crippen LogP contribution in [0.4, 0.5) is 0 Å². The molecule has 3 nitrogen and oxygen atoms in total. The molecule has 0 spiro atoms. The van der Waals surface area contributed by atoms with Gasteiger partial charge in [0, 0.05) is 26.7 Å². The molecule has 0 aromatic heterocycles. The number of amides is 1. The summed E-state index contributed by atoms with van der Waals surface area (Å²) in [6, 6.07) is 0. The number of hydrogen-bond acceptors (Lipinski definition) is 2. The lowest BCUT2D eigenvalue weighted by Gasteiger charge is -2.04. The van der Waals surface area contributed by atoms with E-state index in [0.29, 0.717) is 6.54 Å². The molecule has 0 heterocycles. The van der Waals surface area contributed by atoms with Crippen LogP contribution < -0.4 is 5.73 Å². The van der Waals surface area contributed by atoms with Crippen LogP contribution in [0.25, 0.3) is 0 Å². The summed E-state index contributed by atoms with van der Waals surface area (Å²) in [5, 5.41) is 0. The Hall–Kier alpha value is -0.830. The fraction of sp³-hybridized carbons (Fsp3) is 0.500. The van der Waals surface area contributed by atoms with Crippen LogP contribution in [0.2, 0.25) is 0 Å². The van der Waals surface area contributed by atoms with Gasteiger partial charge in [-0.25, -0.2) is 0 Å². The molecule has 3 heteroatoms.